The monoisotopic (exact) mass is 400 g/mol. The predicted octanol–water partition coefficient (Wildman–Crippen LogP) is 4.86. The van der Waals surface area contributed by atoms with Crippen molar-refractivity contribution in [3.05, 3.63) is 84.2 Å². The number of hydrogen-bond donors (Lipinski definition) is 3. The zero-order valence-corrected chi connectivity index (χ0v) is 14.8. The summed E-state index contributed by atoms with van der Waals surface area (Å²) in [5.74, 6) is -1.09. The largest absolute Gasteiger partial charge is 0.508 e. The van der Waals surface area contributed by atoms with Crippen LogP contribution in [-0.2, 0) is 5.60 Å². The summed E-state index contributed by atoms with van der Waals surface area (Å²) in [6.07, 6.45) is -5.18. The van der Waals surface area contributed by atoms with Crippen LogP contribution in [0.1, 0.15) is 11.4 Å². The Bertz CT molecular complexity index is 1130. The van der Waals surface area contributed by atoms with Gasteiger partial charge in [0.05, 0.1) is 11.0 Å². The average Bonchev–Trinajstić information content (AvgIpc) is 3.13. The number of phenolic OH excluding ortho intramolecular Hbond substituents is 1. The summed E-state index contributed by atoms with van der Waals surface area (Å²) >= 11 is 0. The number of aromatic nitrogens is 2. The summed E-state index contributed by atoms with van der Waals surface area (Å²) in [5.41, 5.74) is -3.80. The molecule has 0 saturated heterocycles. The average molecular weight is 400 g/mol. The zero-order valence-electron chi connectivity index (χ0n) is 14.8. The van der Waals surface area contributed by atoms with Crippen LogP contribution in [0.3, 0.4) is 0 Å². The first kappa shape index (κ1) is 18.8. The molecule has 3 N–H and O–H groups in total. The molecule has 0 unspecified atom stereocenters. The number of aromatic hydroxyl groups is 1. The van der Waals surface area contributed by atoms with Gasteiger partial charge in [0.2, 0.25) is 5.60 Å². The third-order valence-corrected chi connectivity index (χ3v) is 4.48. The second-order valence-corrected chi connectivity index (χ2v) is 6.40. The minimum atomic E-state index is -5.18. The summed E-state index contributed by atoms with van der Waals surface area (Å²) in [6, 6.07) is 18.0. The number of benzene rings is 3. The summed E-state index contributed by atoms with van der Waals surface area (Å²) in [5, 5.41) is 21.0. The van der Waals surface area contributed by atoms with Crippen molar-refractivity contribution in [3.8, 4) is 17.2 Å². The molecule has 148 valence electrons. The summed E-state index contributed by atoms with van der Waals surface area (Å²) in [6.45, 7) is 0. The van der Waals surface area contributed by atoms with E-state index >= 15 is 0 Å². The van der Waals surface area contributed by atoms with Crippen LogP contribution in [0.2, 0.25) is 0 Å². The molecule has 5 nitrogen and oxygen atoms in total. The quantitative estimate of drug-likeness (QED) is 0.457. The van der Waals surface area contributed by atoms with Crippen LogP contribution < -0.4 is 4.74 Å². The van der Waals surface area contributed by atoms with Crippen molar-refractivity contribution in [2.45, 2.75) is 11.8 Å². The van der Waals surface area contributed by atoms with Crippen molar-refractivity contribution >= 4 is 11.0 Å². The first-order valence-corrected chi connectivity index (χ1v) is 8.60. The fraction of sp³-hybridized carbons (Fsp3) is 0.0952. The van der Waals surface area contributed by atoms with E-state index in [0.717, 1.165) is 12.1 Å². The Labute approximate surface area is 163 Å². The molecule has 0 radical (unpaired) electrons. The third-order valence-electron chi connectivity index (χ3n) is 4.48. The van der Waals surface area contributed by atoms with Gasteiger partial charge < -0.3 is 19.9 Å². The van der Waals surface area contributed by atoms with Gasteiger partial charge >= 0.3 is 6.18 Å². The highest BCUT2D eigenvalue weighted by Gasteiger charge is 2.60. The van der Waals surface area contributed by atoms with E-state index in [-0.39, 0.29) is 11.3 Å². The van der Waals surface area contributed by atoms with Gasteiger partial charge in [-0.3, -0.25) is 0 Å². The smallest absolute Gasteiger partial charge is 0.429 e. The molecule has 0 aliphatic rings. The predicted molar refractivity (Wildman–Crippen MR) is 99.8 cm³/mol. The summed E-state index contributed by atoms with van der Waals surface area (Å²) in [7, 11) is 0. The molecule has 0 aliphatic heterocycles. The Morgan fingerprint density at radius 2 is 1.55 bits per heavy atom. The minimum Gasteiger partial charge on any atom is -0.508 e. The molecule has 29 heavy (non-hydrogen) atoms. The van der Waals surface area contributed by atoms with Crippen molar-refractivity contribution in [2.75, 3.05) is 0 Å². The Kier molecular flexibility index (Phi) is 4.43. The summed E-state index contributed by atoms with van der Waals surface area (Å²) < 4.78 is 47.8. The maximum atomic E-state index is 14.1. The number of aromatic amines is 1. The molecule has 0 bridgehead atoms. The normalized spacial score (nSPS) is 13.9. The number of ether oxygens (including phenoxy) is 1. The minimum absolute atomic E-state index is 0.0165. The van der Waals surface area contributed by atoms with E-state index in [0.29, 0.717) is 11.3 Å². The number of imidazole rings is 1. The lowest BCUT2D eigenvalue weighted by Gasteiger charge is -2.29. The van der Waals surface area contributed by atoms with Crippen molar-refractivity contribution in [3.63, 3.8) is 0 Å². The number of nitrogens with one attached hydrogen (secondary N) is 1. The van der Waals surface area contributed by atoms with Crippen LogP contribution in [0.4, 0.5) is 13.2 Å². The number of rotatable bonds is 4. The number of fused-ring (bicyclic) bond motifs is 1. The summed E-state index contributed by atoms with van der Waals surface area (Å²) in [4.78, 5) is 6.41. The third kappa shape index (κ3) is 3.27. The first-order valence-electron chi connectivity index (χ1n) is 8.60. The maximum absolute atomic E-state index is 14.1. The highest BCUT2D eigenvalue weighted by Crippen LogP contribution is 2.47. The van der Waals surface area contributed by atoms with Gasteiger partial charge in [-0.15, -0.1) is 0 Å². The second-order valence-electron chi connectivity index (χ2n) is 6.40. The molecular weight excluding hydrogens is 385 g/mol. The number of alkyl halides is 3. The van der Waals surface area contributed by atoms with Gasteiger partial charge in [-0.05, 0) is 42.5 Å². The standard InChI is InChI=1S/C21H15F3N2O3/c22-21(23,24)20(28,19-25-16-8-4-5-9-17(16)26-19)15-12-14(10-11-18(15)27)29-13-6-2-1-3-7-13/h1-12,27-28H,(H,25,26)/t20-/m0/s1. The van der Waals surface area contributed by atoms with Gasteiger partial charge in [0.25, 0.3) is 0 Å². The van der Waals surface area contributed by atoms with Crippen LogP contribution in [0, 0.1) is 0 Å². The molecule has 0 saturated carbocycles. The molecule has 1 atom stereocenters. The molecule has 4 rings (SSSR count). The lowest BCUT2D eigenvalue weighted by atomic mass is 9.91. The number of phenols is 1. The number of H-pyrrole nitrogens is 1. The number of hydrogen-bond acceptors (Lipinski definition) is 4. The van der Waals surface area contributed by atoms with Crippen molar-refractivity contribution in [1.29, 1.82) is 0 Å². The van der Waals surface area contributed by atoms with Gasteiger partial charge in [-0.1, -0.05) is 30.3 Å². The van der Waals surface area contributed by atoms with E-state index in [4.69, 9.17) is 4.74 Å². The Balaban J connectivity index is 1.86. The van der Waals surface area contributed by atoms with Gasteiger partial charge in [0.15, 0.2) is 5.82 Å². The van der Waals surface area contributed by atoms with Crippen molar-refractivity contribution in [1.82, 2.24) is 9.97 Å². The molecule has 0 amide bonds. The van der Waals surface area contributed by atoms with E-state index in [1.54, 1.807) is 42.5 Å². The highest BCUT2D eigenvalue weighted by molar-refractivity contribution is 5.75. The van der Waals surface area contributed by atoms with E-state index in [2.05, 4.69) is 9.97 Å². The lowest BCUT2D eigenvalue weighted by molar-refractivity contribution is -0.251. The van der Waals surface area contributed by atoms with Gasteiger partial charge in [0, 0.05) is 5.56 Å². The van der Waals surface area contributed by atoms with E-state index in [9.17, 15) is 23.4 Å². The molecule has 1 aromatic heterocycles. The van der Waals surface area contributed by atoms with Crippen LogP contribution in [0.25, 0.3) is 11.0 Å². The molecule has 0 aliphatic carbocycles. The van der Waals surface area contributed by atoms with Gasteiger partial charge in [0.1, 0.15) is 17.2 Å². The lowest BCUT2D eigenvalue weighted by Crippen LogP contribution is -2.44. The molecule has 1 heterocycles. The van der Waals surface area contributed by atoms with Crippen LogP contribution in [-0.4, -0.2) is 26.4 Å². The van der Waals surface area contributed by atoms with E-state index in [1.165, 1.54) is 18.2 Å². The number of para-hydroxylation sites is 3. The second kappa shape index (κ2) is 6.82. The molecule has 8 heteroatoms. The number of nitrogens with zero attached hydrogens (tertiary/aromatic N) is 1. The Morgan fingerprint density at radius 3 is 2.24 bits per heavy atom. The van der Waals surface area contributed by atoms with Crippen LogP contribution in [0.15, 0.2) is 72.8 Å². The Hall–Kier alpha value is -3.52. The molecule has 4 aromatic rings. The molecule has 0 spiro atoms. The van der Waals surface area contributed by atoms with E-state index in [1.807, 2.05) is 0 Å². The Morgan fingerprint density at radius 1 is 0.862 bits per heavy atom. The number of aliphatic hydroxyl groups is 1. The van der Waals surface area contributed by atoms with E-state index < -0.39 is 28.9 Å². The topological polar surface area (TPSA) is 78.4 Å². The SMILES string of the molecule is Oc1ccc(Oc2ccccc2)cc1[C@](O)(c1nc2ccccc2[nH]1)C(F)(F)F. The van der Waals surface area contributed by atoms with Crippen LogP contribution in [0.5, 0.6) is 17.2 Å². The first-order chi connectivity index (χ1) is 13.8. The molecular formula is C21H15F3N2O3. The van der Waals surface area contributed by atoms with Gasteiger partial charge in [-0.2, -0.15) is 13.2 Å². The molecule has 0 fully saturated rings. The number of halogens is 3. The van der Waals surface area contributed by atoms with Crippen molar-refractivity contribution in [2.24, 2.45) is 0 Å². The van der Waals surface area contributed by atoms with Crippen LogP contribution >= 0.6 is 0 Å². The van der Waals surface area contributed by atoms with Crippen molar-refractivity contribution < 1.29 is 28.1 Å². The highest BCUT2D eigenvalue weighted by atomic mass is 19.4. The van der Waals surface area contributed by atoms with Gasteiger partial charge in [-0.25, -0.2) is 4.98 Å². The maximum Gasteiger partial charge on any atom is 0.429 e. The fourth-order valence-corrected chi connectivity index (χ4v) is 3.03. The zero-order chi connectivity index (χ0) is 20.6. The molecule has 3 aromatic carbocycles. The fourth-order valence-electron chi connectivity index (χ4n) is 3.03.